The number of hydrogen-bond donors (Lipinski definition) is 1. The van der Waals surface area contributed by atoms with Crippen LogP contribution >= 0.6 is 11.8 Å². The Hall–Kier alpha value is -2.41. The molecule has 4 heterocycles. The molecular formula is C20H23F5N6OS. The summed E-state index contributed by atoms with van der Waals surface area (Å²) in [6.07, 6.45) is 0.916. The molecule has 2 N–H and O–H groups in total. The number of alkyl halides is 5. The molecule has 2 aromatic rings. The number of ether oxygens (including phenoxy) is 1. The van der Waals surface area contributed by atoms with Crippen molar-refractivity contribution in [1.29, 1.82) is 0 Å². The molecule has 0 spiro atoms. The average molecular weight is 491 g/mol. The number of anilines is 3. The van der Waals surface area contributed by atoms with E-state index in [4.69, 9.17) is 10.5 Å². The quantitative estimate of drug-likeness (QED) is 0.505. The van der Waals surface area contributed by atoms with Crippen LogP contribution < -0.4 is 15.5 Å². The lowest BCUT2D eigenvalue weighted by atomic mass is 10.1. The fourth-order valence-corrected chi connectivity index (χ4v) is 4.38. The Bertz CT molecular complexity index is 1020. The molecule has 2 saturated heterocycles. The van der Waals surface area contributed by atoms with Crippen LogP contribution in [0.2, 0.25) is 0 Å². The monoisotopic (exact) mass is 490 g/mol. The zero-order valence-corrected chi connectivity index (χ0v) is 18.8. The Labute approximate surface area is 191 Å². The number of hydrogen-bond acceptors (Lipinski definition) is 8. The number of rotatable bonds is 4. The van der Waals surface area contributed by atoms with Gasteiger partial charge < -0.3 is 20.3 Å². The van der Waals surface area contributed by atoms with Crippen molar-refractivity contribution in [1.82, 2.24) is 15.0 Å². The Morgan fingerprint density at radius 1 is 1.21 bits per heavy atom. The van der Waals surface area contributed by atoms with Crippen LogP contribution in [0, 0.1) is 0 Å². The van der Waals surface area contributed by atoms with E-state index in [0.717, 1.165) is 0 Å². The maximum absolute atomic E-state index is 13.9. The van der Waals surface area contributed by atoms with Crippen LogP contribution in [-0.2, 0) is 4.74 Å². The third-order valence-corrected chi connectivity index (χ3v) is 6.24. The smallest absolute Gasteiger partial charge is 0.383 e. The van der Waals surface area contributed by atoms with Gasteiger partial charge in [0.15, 0.2) is 0 Å². The third kappa shape index (κ3) is 5.57. The zero-order chi connectivity index (χ0) is 24.0. The fraction of sp³-hybridized carbons (Fsp3) is 0.550. The molecule has 4 rings (SSSR count). The second kappa shape index (κ2) is 8.75. The maximum Gasteiger partial charge on any atom is 0.446 e. The summed E-state index contributed by atoms with van der Waals surface area (Å²) in [5.41, 5.74) is 1.64. The molecule has 0 aliphatic carbocycles. The summed E-state index contributed by atoms with van der Waals surface area (Å²) in [5.74, 6) is -2.55. The molecule has 2 aliphatic rings. The maximum atomic E-state index is 13.9. The average Bonchev–Trinajstić information content (AvgIpc) is 3.10. The van der Waals surface area contributed by atoms with Crippen molar-refractivity contribution in [3.8, 4) is 11.3 Å². The van der Waals surface area contributed by atoms with Crippen molar-refractivity contribution < 1.29 is 26.7 Å². The molecule has 0 unspecified atom stereocenters. The number of aromatic nitrogens is 3. The largest absolute Gasteiger partial charge is 0.446 e. The van der Waals surface area contributed by atoms with E-state index in [0.29, 0.717) is 19.0 Å². The molecule has 2 aliphatic heterocycles. The molecule has 2 fully saturated rings. The first-order chi connectivity index (χ1) is 15.4. The van der Waals surface area contributed by atoms with Gasteiger partial charge in [0.1, 0.15) is 11.6 Å². The van der Waals surface area contributed by atoms with Crippen molar-refractivity contribution in [3.05, 3.63) is 18.3 Å². The predicted octanol–water partition coefficient (Wildman–Crippen LogP) is 4.19. The molecule has 13 heteroatoms. The van der Waals surface area contributed by atoms with Crippen LogP contribution in [-0.4, -0.2) is 64.8 Å². The number of morpholine rings is 1. The first-order valence-electron chi connectivity index (χ1n) is 10.3. The Kier molecular flexibility index (Phi) is 6.29. The summed E-state index contributed by atoms with van der Waals surface area (Å²) < 4.78 is 72.2. The fourth-order valence-electron chi connectivity index (χ4n) is 3.79. The second-order valence-electron chi connectivity index (χ2n) is 8.24. The molecule has 0 aromatic carbocycles. The minimum atomic E-state index is -4.54. The number of nitrogens with two attached hydrogens (primary N) is 1. The first kappa shape index (κ1) is 23.7. The first-order valence-corrected chi connectivity index (χ1v) is 11.1. The summed E-state index contributed by atoms with van der Waals surface area (Å²) in [7, 11) is 0. The molecule has 0 amide bonds. The Morgan fingerprint density at radius 2 is 1.97 bits per heavy atom. The molecule has 0 bridgehead atoms. The van der Waals surface area contributed by atoms with E-state index in [-0.39, 0.29) is 64.8 Å². The van der Waals surface area contributed by atoms with E-state index in [1.165, 1.54) is 17.2 Å². The molecule has 0 radical (unpaired) electrons. The highest BCUT2D eigenvalue weighted by atomic mass is 32.2. The Balaban J connectivity index is 1.77. The van der Waals surface area contributed by atoms with Gasteiger partial charge in [-0.25, -0.2) is 18.7 Å². The Morgan fingerprint density at radius 3 is 2.64 bits per heavy atom. The lowest BCUT2D eigenvalue weighted by Gasteiger charge is -2.38. The van der Waals surface area contributed by atoms with E-state index < -0.39 is 18.0 Å². The third-order valence-electron chi connectivity index (χ3n) is 5.46. The van der Waals surface area contributed by atoms with Crippen molar-refractivity contribution in [2.24, 2.45) is 0 Å². The molecule has 7 nitrogen and oxygen atoms in total. The van der Waals surface area contributed by atoms with E-state index in [9.17, 15) is 22.0 Å². The van der Waals surface area contributed by atoms with Gasteiger partial charge in [-0.3, -0.25) is 0 Å². The molecule has 2 atom stereocenters. The predicted molar refractivity (Wildman–Crippen MR) is 116 cm³/mol. The van der Waals surface area contributed by atoms with E-state index in [1.54, 1.807) is 6.07 Å². The highest BCUT2D eigenvalue weighted by molar-refractivity contribution is 8.00. The van der Waals surface area contributed by atoms with Gasteiger partial charge in [0.2, 0.25) is 5.95 Å². The highest BCUT2D eigenvalue weighted by Crippen LogP contribution is 2.41. The van der Waals surface area contributed by atoms with Gasteiger partial charge in [-0.1, -0.05) is 0 Å². The lowest BCUT2D eigenvalue weighted by molar-refractivity contribution is -0.0328. The zero-order valence-electron chi connectivity index (χ0n) is 17.9. The van der Waals surface area contributed by atoms with E-state index in [1.807, 2.05) is 18.7 Å². The van der Waals surface area contributed by atoms with Gasteiger partial charge in [0.25, 0.3) is 5.92 Å². The van der Waals surface area contributed by atoms with Gasteiger partial charge >= 0.3 is 5.51 Å². The van der Waals surface area contributed by atoms with Crippen LogP contribution in [0.3, 0.4) is 0 Å². The van der Waals surface area contributed by atoms with Crippen molar-refractivity contribution >= 4 is 29.3 Å². The van der Waals surface area contributed by atoms with Crippen LogP contribution in [0.4, 0.5) is 39.5 Å². The highest BCUT2D eigenvalue weighted by Gasteiger charge is 2.40. The van der Waals surface area contributed by atoms with Crippen LogP contribution in [0.15, 0.2) is 23.2 Å². The minimum Gasteiger partial charge on any atom is -0.383 e. The number of pyridine rings is 1. The standard InChI is InChI=1S/C20H23F5N6OS/c1-11-9-32-12(2)8-31(11)16-6-14(28-18(29-16)30-4-3-19(21,22)10-30)13-5-15(17(26)27-7-13)33-20(23,24)25/h5-7,11-12H,3-4,8-10H2,1-2H3,(H2,26,27)/t11-,12-/m0/s1. The van der Waals surface area contributed by atoms with Crippen molar-refractivity contribution in [2.45, 2.75) is 48.7 Å². The van der Waals surface area contributed by atoms with Crippen LogP contribution in [0.5, 0.6) is 0 Å². The number of thioether (sulfide) groups is 1. The SMILES string of the molecule is C[C@H]1CN(c2cc(-c3cnc(N)c(SC(F)(F)F)c3)nc(N3CCC(F)(F)C3)n2)[C@@H](C)CO1. The van der Waals surface area contributed by atoms with Gasteiger partial charge in [-0.15, -0.1) is 0 Å². The van der Waals surface area contributed by atoms with E-state index >= 15 is 0 Å². The second-order valence-corrected chi connectivity index (χ2v) is 9.35. The van der Waals surface area contributed by atoms with Gasteiger partial charge in [-0.05, 0) is 31.7 Å². The van der Waals surface area contributed by atoms with Crippen molar-refractivity contribution in [3.63, 3.8) is 0 Å². The summed E-state index contributed by atoms with van der Waals surface area (Å²) in [6.45, 7) is 4.36. The topological polar surface area (TPSA) is 80.4 Å². The normalized spacial score (nSPS) is 23.2. The minimum absolute atomic E-state index is 0.0438. The number of nitrogen functional groups attached to an aromatic ring is 1. The van der Waals surface area contributed by atoms with Gasteiger partial charge in [-0.2, -0.15) is 18.2 Å². The molecule has 33 heavy (non-hydrogen) atoms. The van der Waals surface area contributed by atoms with Crippen LogP contribution in [0.1, 0.15) is 20.3 Å². The van der Waals surface area contributed by atoms with Gasteiger partial charge in [0, 0.05) is 37.3 Å². The number of halogens is 5. The molecular weight excluding hydrogens is 467 g/mol. The van der Waals surface area contributed by atoms with Crippen LogP contribution in [0.25, 0.3) is 11.3 Å². The van der Waals surface area contributed by atoms with Crippen molar-refractivity contribution in [2.75, 3.05) is 41.8 Å². The summed E-state index contributed by atoms with van der Waals surface area (Å²) >= 11 is -0.369. The summed E-state index contributed by atoms with van der Waals surface area (Å²) in [6, 6.07) is 2.83. The summed E-state index contributed by atoms with van der Waals surface area (Å²) in [4.78, 5) is 15.9. The summed E-state index contributed by atoms with van der Waals surface area (Å²) in [5, 5.41) is 0. The van der Waals surface area contributed by atoms with Gasteiger partial charge in [0.05, 0.1) is 35.9 Å². The lowest BCUT2D eigenvalue weighted by Crippen LogP contribution is -2.48. The van der Waals surface area contributed by atoms with E-state index in [2.05, 4.69) is 15.0 Å². The molecule has 0 saturated carbocycles. The molecule has 2 aromatic heterocycles. The molecule has 180 valence electrons. The number of nitrogens with zero attached hydrogens (tertiary/aromatic N) is 5.